The highest BCUT2D eigenvalue weighted by atomic mass is 16.6. The van der Waals surface area contributed by atoms with Crippen LogP contribution in [0.5, 0.6) is 0 Å². The molecule has 1 heterocycles. The molecule has 0 aromatic heterocycles. The Kier molecular flexibility index (Phi) is 15.9. The van der Waals surface area contributed by atoms with Crippen molar-refractivity contribution < 1.29 is 40.5 Å². The van der Waals surface area contributed by atoms with Crippen molar-refractivity contribution in [1.82, 2.24) is 0 Å². The average Bonchev–Trinajstić information content (AvgIpc) is 2.78. The highest BCUT2D eigenvalue weighted by Crippen LogP contribution is 2.25. The monoisotopic (exact) mass is 464 g/mol. The lowest BCUT2D eigenvalue weighted by atomic mass is 9.89. The zero-order chi connectivity index (χ0) is 23.9. The van der Waals surface area contributed by atoms with Gasteiger partial charge in [-0.3, -0.25) is 0 Å². The summed E-state index contributed by atoms with van der Waals surface area (Å²) in [6.07, 6.45) is 4.09. The molecule has 1 aliphatic heterocycles. The third kappa shape index (κ3) is 10.7. The van der Waals surface area contributed by atoms with Gasteiger partial charge in [-0.15, -0.1) is 0 Å². The van der Waals surface area contributed by atoms with Crippen LogP contribution in [0.15, 0.2) is 0 Å². The molecule has 32 heavy (non-hydrogen) atoms. The van der Waals surface area contributed by atoms with Crippen molar-refractivity contribution in [2.45, 2.75) is 146 Å². The van der Waals surface area contributed by atoms with E-state index in [1.165, 1.54) is 57.8 Å². The van der Waals surface area contributed by atoms with Crippen LogP contribution in [0.3, 0.4) is 0 Å². The van der Waals surface area contributed by atoms with E-state index in [9.17, 15) is 35.7 Å². The fourth-order valence-electron chi connectivity index (χ4n) is 4.37. The second kappa shape index (κ2) is 17.2. The van der Waals surface area contributed by atoms with E-state index in [0.29, 0.717) is 6.42 Å². The van der Waals surface area contributed by atoms with E-state index < -0.39 is 55.4 Å². The third-order valence-electron chi connectivity index (χ3n) is 6.59. The summed E-state index contributed by atoms with van der Waals surface area (Å²) >= 11 is 0. The van der Waals surface area contributed by atoms with Crippen LogP contribution >= 0.6 is 0 Å². The predicted octanol–water partition coefficient (Wildman–Crippen LogP) is 1.39. The summed E-state index contributed by atoms with van der Waals surface area (Å²) in [4.78, 5) is 0. The summed E-state index contributed by atoms with van der Waals surface area (Å²) in [5.41, 5.74) is 0. The summed E-state index contributed by atoms with van der Waals surface area (Å²) < 4.78 is 5.30. The predicted molar refractivity (Wildman–Crippen MR) is 122 cm³/mol. The average molecular weight is 465 g/mol. The molecular formula is C24H48O8. The minimum absolute atomic E-state index is 0.248. The van der Waals surface area contributed by atoms with Crippen LogP contribution in [-0.2, 0) is 4.74 Å². The standard InChI is InChI=1S/C24H48O8/c1-2-3-4-5-6-7-8-9-10-11-12-13-14-17(26)18(27)15-19(28)24-23(31)22(30)21(29)20(16-25)32-24/h17-31H,2-16H2,1H3/t17?,18?,19?,20-,21+,22+,23-,24?/m1/s1. The van der Waals surface area contributed by atoms with Crippen LogP contribution in [0.1, 0.15) is 96.8 Å². The molecule has 4 unspecified atom stereocenters. The largest absolute Gasteiger partial charge is 0.394 e. The molecule has 1 fully saturated rings. The quantitative estimate of drug-likeness (QED) is 0.150. The zero-order valence-electron chi connectivity index (χ0n) is 19.8. The first-order chi connectivity index (χ1) is 15.3. The van der Waals surface area contributed by atoms with Crippen molar-refractivity contribution in [1.29, 1.82) is 0 Å². The van der Waals surface area contributed by atoms with E-state index in [1.807, 2.05) is 0 Å². The lowest BCUT2D eigenvalue weighted by Crippen LogP contribution is -2.61. The normalized spacial score (nSPS) is 29.1. The Balaban J connectivity index is 2.15. The molecular weight excluding hydrogens is 416 g/mol. The van der Waals surface area contributed by atoms with Gasteiger partial charge in [0.2, 0.25) is 0 Å². The number of aliphatic hydroxyl groups excluding tert-OH is 7. The molecule has 7 N–H and O–H groups in total. The van der Waals surface area contributed by atoms with Crippen LogP contribution < -0.4 is 0 Å². The van der Waals surface area contributed by atoms with Gasteiger partial charge in [-0.2, -0.15) is 0 Å². The molecule has 0 spiro atoms. The molecule has 0 amide bonds. The highest BCUT2D eigenvalue weighted by molar-refractivity contribution is 4.95. The molecule has 1 saturated heterocycles. The first-order valence-electron chi connectivity index (χ1n) is 12.7. The van der Waals surface area contributed by atoms with Gasteiger partial charge in [-0.1, -0.05) is 84.0 Å². The van der Waals surface area contributed by atoms with Crippen LogP contribution in [0.25, 0.3) is 0 Å². The number of aliphatic hydroxyl groups is 7. The van der Waals surface area contributed by atoms with E-state index in [2.05, 4.69) is 6.92 Å². The molecule has 1 rings (SSSR count). The van der Waals surface area contributed by atoms with Gasteiger partial charge in [0.05, 0.1) is 24.9 Å². The Labute approximate surface area is 193 Å². The van der Waals surface area contributed by atoms with Crippen molar-refractivity contribution in [3.8, 4) is 0 Å². The Morgan fingerprint density at radius 2 is 1.16 bits per heavy atom. The molecule has 8 nitrogen and oxygen atoms in total. The first kappa shape index (κ1) is 29.7. The minimum atomic E-state index is -1.58. The zero-order valence-corrected chi connectivity index (χ0v) is 19.8. The van der Waals surface area contributed by atoms with Crippen molar-refractivity contribution in [3.05, 3.63) is 0 Å². The summed E-state index contributed by atoms with van der Waals surface area (Å²) in [7, 11) is 0. The molecule has 0 saturated carbocycles. The fourth-order valence-corrected chi connectivity index (χ4v) is 4.37. The molecule has 0 bridgehead atoms. The third-order valence-corrected chi connectivity index (χ3v) is 6.59. The number of unbranched alkanes of at least 4 members (excludes halogenated alkanes) is 11. The van der Waals surface area contributed by atoms with Gasteiger partial charge in [-0.05, 0) is 6.42 Å². The molecule has 192 valence electrons. The molecule has 0 radical (unpaired) electrons. The van der Waals surface area contributed by atoms with Crippen molar-refractivity contribution in [3.63, 3.8) is 0 Å². The van der Waals surface area contributed by atoms with Gasteiger partial charge in [-0.25, -0.2) is 0 Å². The van der Waals surface area contributed by atoms with Gasteiger partial charge < -0.3 is 40.5 Å². The lowest BCUT2D eigenvalue weighted by molar-refractivity contribution is -0.251. The van der Waals surface area contributed by atoms with Crippen molar-refractivity contribution in [2.24, 2.45) is 0 Å². The molecule has 8 atom stereocenters. The summed E-state index contributed by atoms with van der Waals surface area (Å²) in [5.74, 6) is 0. The van der Waals surface area contributed by atoms with Crippen LogP contribution in [0.2, 0.25) is 0 Å². The van der Waals surface area contributed by atoms with E-state index in [-0.39, 0.29) is 6.42 Å². The van der Waals surface area contributed by atoms with E-state index in [0.717, 1.165) is 19.3 Å². The van der Waals surface area contributed by atoms with Gasteiger partial charge in [0, 0.05) is 6.42 Å². The van der Waals surface area contributed by atoms with Crippen molar-refractivity contribution in [2.75, 3.05) is 6.61 Å². The Morgan fingerprint density at radius 3 is 1.66 bits per heavy atom. The van der Waals surface area contributed by atoms with Crippen LogP contribution in [-0.4, -0.2) is 91.2 Å². The fraction of sp³-hybridized carbons (Fsp3) is 1.00. The van der Waals surface area contributed by atoms with Crippen LogP contribution in [0.4, 0.5) is 0 Å². The van der Waals surface area contributed by atoms with E-state index in [1.54, 1.807) is 0 Å². The SMILES string of the molecule is CCCCCCCCCCCCCCC(O)C(O)CC(O)C1O[C@H](CO)[C@H](O)[C@H](O)[C@H]1O. The second-order valence-electron chi connectivity index (χ2n) is 9.41. The van der Waals surface area contributed by atoms with Crippen LogP contribution in [0, 0.1) is 0 Å². The first-order valence-corrected chi connectivity index (χ1v) is 12.7. The summed E-state index contributed by atoms with van der Waals surface area (Å²) in [6.45, 7) is 1.64. The Bertz CT molecular complexity index is 450. The van der Waals surface area contributed by atoms with E-state index >= 15 is 0 Å². The lowest BCUT2D eigenvalue weighted by Gasteiger charge is -2.42. The van der Waals surface area contributed by atoms with Gasteiger partial charge in [0.1, 0.15) is 30.5 Å². The molecule has 8 heteroatoms. The minimum Gasteiger partial charge on any atom is -0.394 e. The van der Waals surface area contributed by atoms with E-state index in [4.69, 9.17) is 4.74 Å². The summed E-state index contributed by atoms with van der Waals surface area (Å²) in [5, 5.41) is 69.6. The maximum Gasteiger partial charge on any atom is 0.113 e. The van der Waals surface area contributed by atoms with Gasteiger partial charge >= 0.3 is 0 Å². The Hall–Kier alpha value is -0.320. The number of ether oxygens (including phenoxy) is 1. The second-order valence-corrected chi connectivity index (χ2v) is 9.41. The van der Waals surface area contributed by atoms with Gasteiger partial charge in [0.25, 0.3) is 0 Å². The topological polar surface area (TPSA) is 151 Å². The number of hydrogen-bond acceptors (Lipinski definition) is 8. The molecule has 0 aromatic rings. The molecule has 0 aromatic carbocycles. The Morgan fingerprint density at radius 1 is 0.656 bits per heavy atom. The number of hydrogen-bond donors (Lipinski definition) is 7. The molecule has 0 aliphatic carbocycles. The smallest absolute Gasteiger partial charge is 0.113 e. The maximum atomic E-state index is 10.3. The van der Waals surface area contributed by atoms with Crippen molar-refractivity contribution >= 4 is 0 Å². The number of rotatable bonds is 18. The summed E-state index contributed by atoms with van der Waals surface area (Å²) in [6, 6.07) is 0. The maximum absolute atomic E-state index is 10.3. The molecule has 1 aliphatic rings. The van der Waals surface area contributed by atoms with Gasteiger partial charge in [0.15, 0.2) is 0 Å². The highest BCUT2D eigenvalue weighted by Gasteiger charge is 2.46.